The van der Waals surface area contributed by atoms with E-state index in [1.807, 2.05) is 33.0 Å². The second kappa shape index (κ2) is 7.01. The molecule has 2 nitrogen and oxygen atoms in total. The highest BCUT2D eigenvalue weighted by Crippen LogP contribution is 2.34. The Morgan fingerprint density at radius 3 is 2.67 bits per heavy atom. The van der Waals surface area contributed by atoms with E-state index < -0.39 is 4.93 Å². The van der Waals surface area contributed by atoms with Gasteiger partial charge in [0.15, 0.2) is 0 Å². The van der Waals surface area contributed by atoms with E-state index in [1.165, 1.54) is 11.8 Å². The van der Waals surface area contributed by atoms with E-state index in [9.17, 15) is 5.11 Å². The molecule has 0 heterocycles. The zero-order chi connectivity index (χ0) is 13.8. The van der Waals surface area contributed by atoms with Crippen LogP contribution in [0.2, 0.25) is 10.0 Å². The Balaban J connectivity index is 2.63. The number of halogens is 2. The molecule has 0 bridgehead atoms. The quantitative estimate of drug-likeness (QED) is 0.784. The largest absolute Gasteiger partial charge is 0.379 e. The maximum atomic E-state index is 10.4. The number of aliphatic hydroxyl groups is 1. The van der Waals surface area contributed by atoms with Crippen LogP contribution in [0.25, 0.3) is 0 Å². The number of rotatable bonds is 6. The second-order valence-electron chi connectivity index (χ2n) is 4.54. The topological polar surface area (TPSA) is 32.3 Å². The molecule has 1 rings (SSSR count). The molecule has 1 aromatic carbocycles. The molecule has 2 atom stereocenters. The minimum Gasteiger partial charge on any atom is -0.379 e. The molecule has 0 aliphatic carbocycles. The summed E-state index contributed by atoms with van der Waals surface area (Å²) >= 11 is 13.4. The van der Waals surface area contributed by atoms with Crippen molar-refractivity contribution in [1.82, 2.24) is 5.32 Å². The predicted octanol–water partition coefficient (Wildman–Crippen LogP) is 3.79. The second-order valence-corrected chi connectivity index (χ2v) is 6.79. The number of thioether (sulfide) groups is 1. The summed E-state index contributed by atoms with van der Waals surface area (Å²) in [7, 11) is 1.88. The Hall–Kier alpha value is 0.0700. The summed E-state index contributed by atoms with van der Waals surface area (Å²) in [6.45, 7) is 4.63. The van der Waals surface area contributed by atoms with Crippen LogP contribution in [0.4, 0.5) is 0 Å². The summed E-state index contributed by atoms with van der Waals surface area (Å²) in [6, 6.07) is 5.44. The molecule has 0 saturated carbocycles. The first-order valence-electron chi connectivity index (χ1n) is 5.81. The van der Waals surface area contributed by atoms with Gasteiger partial charge in [0.1, 0.15) is 4.93 Å². The minimum absolute atomic E-state index is 0.151. The van der Waals surface area contributed by atoms with Crippen molar-refractivity contribution >= 4 is 35.0 Å². The van der Waals surface area contributed by atoms with Gasteiger partial charge >= 0.3 is 0 Å². The van der Waals surface area contributed by atoms with Crippen LogP contribution in [-0.2, 0) is 5.75 Å². The highest BCUT2D eigenvalue weighted by molar-refractivity contribution is 7.99. The van der Waals surface area contributed by atoms with Crippen LogP contribution >= 0.6 is 35.0 Å². The van der Waals surface area contributed by atoms with Gasteiger partial charge in [-0.05, 0) is 31.7 Å². The van der Waals surface area contributed by atoms with Gasteiger partial charge in [0.25, 0.3) is 0 Å². The van der Waals surface area contributed by atoms with E-state index in [1.54, 1.807) is 6.07 Å². The van der Waals surface area contributed by atoms with Gasteiger partial charge in [-0.1, -0.05) is 36.2 Å². The maximum Gasteiger partial charge on any atom is 0.111 e. The van der Waals surface area contributed by atoms with Gasteiger partial charge in [0, 0.05) is 28.3 Å². The van der Waals surface area contributed by atoms with E-state index in [4.69, 9.17) is 23.2 Å². The average Bonchev–Trinajstić information content (AvgIpc) is 2.28. The number of nitrogens with one attached hydrogen (secondary N) is 1. The zero-order valence-corrected chi connectivity index (χ0v) is 13.2. The molecule has 0 aliphatic rings. The molecule has 0 fully saturated rings. The van der Waals surface area contributed by atoms with Gasteiger partial charge in [-0.15, -0.1) is 11.8 Å². The fraction of sp³-hybridized carbons (Fsp3) is 0.538. The molecule has 18 heavy (non-hydrogen) atoms. The van der Waals surface area contributed by atoms with E-state index in [0.717, 1.165) is 12.1 Å². The molecule has 0 radical (unpaired) electrons. The van der Waals surface area contributed by atoms with Crippen molar-refractivity contribution in [2.75, 3.05) is 13.6 Å². The van der Waals surface area contributed by atoms with Crippen molar-refractivity contribution < 1.29 is 5.11 Å². The van der Waals surface area contributed by atoms with E-state index in [0.29, 0.717) is 15.8 Å². The lowest BCUT2D eigenvalue weighted by Gasteiger charge is -2.29. The molecule has 0 saturated heterocycles. The van der Waals surface area contributed by atoms with Crippen LogP contribution in [0.5, 0.6) is 0 Å². The summed E-state index contributed by atoms with van der Waals surface area (Å²) in [6.07, 6.45) is 0. The molecule has 2 unspecified atom stereocenters. The fourth-order valence-corrected chi connectivity index (χ4v) is 3.12. The average molecular weight is 308 g/mol. The molecule has 0 amide bonds. The Kier molecular flexibility index (Phi) is 6.28. The van der Waals surface area contributed by atoms with Crippen molar-refractivity contribution in [1.29, 1.82) is 0 Å². The molecule has 0 aliphatic heterocycles. The SMILES string of the molecule is CNCC(C)C(C)(O)SCc1ccc(Cl)cc1Cl. The highest BCUT2D eigenvalue weighted by atomic mass is 35.5. The van der Waals surface area contributed by atoms with E-state index in [-0.39, 0.29) is 5.92 Å². The molecule has 102 valence electrons. The van der Waals surface area contributed by atoms with Crippen molar-refractivity contribution in [3.63, 3.8) is 0 Å². The zero-order valence-electron chi connectivity index (χ0n) is 10.8. The van der Waals surface area contributed by atoms with Crippen LogP contribution in [0.15, 0.2) is 18.2 Å². The van der Waals surface area contributed by atoms with Gasteiger partial charge in [-0.2, -0.15) is 0 Å². The normalized spacial score (nSPS) is 16.3. The minimum atomic E-state index is -0.786. The Bertz CT molecular complexity index is 399. The first-order chi connectivity index (χ1) is 8.36. The molecule has 0 aromatic heterocycles. The van der Waals surface area contributed by atoms with Crippen molar-refractivity contribution in [3.8, 4) is 0 Å². The van der Waals surface area contributed by atoms with Crippen LogP contribution in [-0.4, -0.2) is 23.6 Å². The van der Waals surface area contributed by atoms with Crippen LogP contribution in [0.1, 0.15) is 19.4 Å². The first kappa shape index (κ1) is 16.1. The lowest BCUT2D eigenvalue weighted by molar-refractivity contribution is 0.0989. The summed E-state index contributed by atoms with van der Waals surface area (Å²) in [4.78, 5) is -0.786. The summed E-state index contributed by atoms with van der Waals surface area (Å²) in [5.41, 5.74) is 0.989. The van der Waals surface area contributed by atoms with Gasteiger partial charge in [0.05, 0.1) is 0 Å². The third-order valence-corrected chi connectivity index (χ3v) is 4.99. The first-order valence-corrected chi connectivity index (χ1v) is 7.56. The van der Waals surface area contributed by atoms with Gasteiger partial charge < -0.3 is 10.4 Å². The summed E-state index contributed by atoms with van der Waals surface area (Å²) in [5.74, 6) is 0.815. The molecule has 5 heteroatoms. The number of hydrogen-bond donors (Lipinski definition) is 2. The molecular weight excluding hydrogens is 289 g/mol. The van der Waals surface area contributed by atoms with Gasteiger partial charge in [-0.3, -0.25) is 0 Å². The van der Waals surface area contributed by atoms with Crippen LogP contribution in [0, 0.1) is 5.92 Å². The van der Waals surface area contributed by atoms with Gasteiger partial charge in [-0.25, -0.2) is 0 Å². The number of hydrogen-bond acceptors (Lipinski definition) is 3. The molecule has 2 N–H and O–H groups in total. The summed E-state index contributed by atoms with van der Waals surface area (Å²) in [5, 5.41) is 14.7. The van der Waals surface area contributed by atoms with E-state index >= 15 is 0 Å². The third-order valence-electron chi connectivity index (χ3n) is 2.96. The van der Waals surface area contributed by atoms with Crippen LogP contribution < -0.4 is 5.32 Å². The standard InChI is InChI=1S/C13H19Cl2NOS/c1-9(7-16-3)13(2,17)18-8-10-4-5-11(14)6-12(10)15/h4-6,9,16-17H,7-8H2,1-3H3. The van der Waals surface area contributed by atoms with Crippen molar-refractivity contribution in [2.45, 2.75) is 24.5 Å². The van der Waals surface area contributed by atoms with E-state index in [2.05, 4.69) is 5.32 Å². The third kappa shape index (κ3) is 4.63. The smallest absolute Gasteiger partial charge is 0.111 e. The maximum absolute atomic E-state index is 10.4. The summed E-state index contributed by atoms with van der Waals surface area (Å²) < 4.78 is 0. The fourth-order valence-electron chi connectivity index (χ4n) is 1.50. The van der Waals surface area contributed by atoms with Crippen LogP contribution in [0.3, 0.4) is 0 Å². The Morgan fingerprint density at radius 1 is 1.44 bits per heavy atom. The highest BCUT2D eigenvalue weighted by Gasteiger charge is 2.28. The monoisotopic (exact) mass is 307 g/mol. The number of benzene rings is 1. The molecular formula is C13H19Cl2NOS. The lowest BCUT2D eigenvalue weighted by Crippen LogP contribution is -2.35. The molecule has 0 spiro atoms. The van der Waals surface area contributed by atoms with Crippen molar-refractivity contribution in [3.05, 3.63) is 33.8 Å². The Morgan fingerprint density at radius 2 is 2.11 bits per heavy atom. The lowest BCUT2D eigenvalue weighted by atomic mass is 10.1. The van der Waals surface area contributed by atoms with Crippen molar-refractivity contribution in [2.24, 2.45) is 5.92 Å². The predicted molar refractivity (Wildman–Crippen MR) is 81.5 cm³/mol. The van der Waals surface area contributed by atoms with Gasteiger partial charge in [0.2, 0.25) is 0 Å². The Labute approximate surface area is 123 Å². The molecule has 1 aromatic rings.